The Kier molecular flexibility index (Phi) is 5.02. The lowest BCUT2D eigenvalue weighted by Crippen LogP contribution is -2.35. The van der Waals surface area contributed by atoms with Crippen LogP contribution in [0.5, 0.6) is 0 Å². The largest absolute Gasteiger partial charge is 0.313 e. The van der Waals surface area contributed by atoms with Crippen LogP contribution in [0, 0.1) is 11.8 Å². The van der Waals surface area contributed by atoms with Crippen molar-refractivity contribution in [1.29, 1.82) is 0 Å². The molecular weight excluding hydrogens is 214 g/mol. The second-order valence-corrected chi connectivity index (χ2v) is 7.32. The van der Waals surface area contributed by atoms with Gasteiger partial charge in [0.1, 0.15) is 0 Å². The van der Waals surface area contributed by atoms with Gasteiger partial charge < -0.3 is 5.32 Å². The first-order valence-corrected chi connectivity index (χ1v) is 8.15. The summed E-state index contributed by atoms with van der Waals surface area (Å²) in [7, 11) is 0. The highest BCUT2D eigenvalue weighted by molar-refractivity contribution is 8.00. The molecule has 0 spiro atoms. The molecule has 1 N–H and O–H groups in total. The molecule has 2 atom stereocenters. The van der Waals surface area contributed by atoms with Gasteiger partial charge >= 0.3 is 0 Å². The second kappa shape index (κ2) is 6.30. The molecule has 94 valence electrons. The molecule has 1 heterocycles. The summed E-state index contributed by atoms with van der Waals surface area (Å²) in [4.78, 5) is 0. The Morgan fingerprint density at radius 1 is 1.06 bits per heavy atom. The quantitative estimate of drug-likeness (QED) is 0.805. The minimum atomic E-state index is 0.799. The third kappa shape index (κ3) is 3.66. The van der Waals surface area contributed by atoms with Crippen LogP contribution in [0.3, 0.4) is 0 Å². The highest BCUT2D eigenvalue weighted by Crippen LogP contribution is 2.30. The van der Waals surface area contributed by atoms with Gasteiger partial charge in [-0.2, -0.15) is 11.8 Å². The van der Waals surface area contributed by atoms with E-state index in [-0.39, 0.29) is 0 Å². The van der Waals surface area contributed by atoms with Gasteiger partial charge in [0.05, 0.1) is 0 Å². The van der Waals surface area contributed by atoms with Crippen LogP contribution in [0.4, 0.5) is 0 Å². The van der Waals surface area contributed by atoms with Crippen molar-refractivity contribution in [2.24, 2.45) is 11.8 Å². The number of hydrogen-bond donors (Lipinski definition) is 1. The minimum Gasteiger partial charge on any atom is -0.313 e. The number of rotatable bonds is 4. The molecule has 2 fully saturated rings. The number of nitrogens with one attached hydrogen (secondary N) is 1. The zero-order valence-corrected chi connectivity index (χ0v) is 11.7. The summed E-state index contributed by atoms with van der Waals surface area (Å²) >= 11 is 2.13. The summed E-state index contributed by atoms with van der Waals surface area (Å²) < 4.78 is 0. The van der Waals surface area contributed by atoms with Crippen molar-refractivity contribution in [2.75, 3.05) is 12.3 Å². The van der Waals surface area contributed by atoms with Crippen LogP contribution < -0.4 is 5.32 Å². The Morgan fingerprint density at radius 3 is 2.44 bits per heavy atom. The van der Waals surface area contributed by atoms with Crippen molar-refractivity contribution in [2.45, 2.75) is 63.7 Å². The zero-order valence-electron chi connectivity index (χ0n) is 10.9. The highest BCUT2D eigenvalue weighted by atomic mass is 32.2. The van der Waals surface area contributed by atoms with Gasteiger partial charge in [-0.3, -0.25) is 0 Å². The molecule has 0 radical (unpaired) electrons. The Balaban J connectivity index is 1.57. The topological polar surface area (TPSA) is 12.0 Å². The molecule has 1 nitrogen and oxygen atoms in total. The second-order valence-electron chi connectivity index (χ2n) is 5.84. The van der Waals surface area contributed by atoms with Crippen LogP contribution in [-0.4, -0.2) is 23.6 Å². The van der Waals surface area contributed by atoms with Crippen LogP contribution in [0.1, 0.15) is 52.4 Å². The zero-order chi connectivity index (χ0) is 11.4. The molecule has 2 rings (SSSR count). The summed E-state index contributed by atoms with van der Waals surface area (Å²) in [6.07, 6.45) is 8.71. The third-order valence-electron chi connectivity index (χ3n) is 4.47. The predicted octanol–water partition coefficient (Wildman–Crippen LogP) is 3.69. The fourth-order valence-corrected chi connectivity index (χ4v) is 4.32. The fraction of sp³-hybridized carbons (Fsp3) is 1.00. The van der Waals surface area contributed by atoms with E-state index < -0.39 is 0 Å². The smallest absolute Gasteiger partial charge is 0.0191 e. The van der Waals surface area contributed by atoms with E-state index in [4.69, 9.17) is 0 Å². The van der Waals surface area contributed by atoms with Crippen molar-refractivity contribution in [3.63, 3.8) is 0 Å². The molecule has 2 unspecified atom stereocenters. The average molecular weight is 241 g/mol. The van der Waals surface area contributed by atoms with Crippen molar-refractivity contribution >= 4 is 11.8 Å². The first-order valence-electron chi connectivity index (χ1n) is 7.10. The summed E-state index contributed by atoms with van der Waals surface area (Å²) in [5.74, 6) is 3.38. The maximum atomic E-state index is 3.77. The van der Waals surface area contributed by atoms with Gasteiger partial charge in [-0.1, -0.05) is 39.5 Å². The average Bonchev–Trinajstić information content (AvgIpc) is 2.68. The Morgan fingerprint density at radius 2 is 1.81 bits per heavy atom. The summed E-state index contributed by atoms with van der Waals surface area (Å²) in [5.41, 5.74) is 0. The first kappa shape index (κ1) is 12.8. The van der Waals surface area contributed by atoms with Gasteiger partial charge in [0, 0.05) is 11.3 Å². The van der Waals surface area contributed by atoms with Gasteiger partial charge in [0.2, 0.25) is 0 Å². The van der Waals surface area contributed by atoms with Gasteiger partial charge in [-0.15, -0.1) is 0 Å². The van der Waals surface area contributed by atoms with Crippen LogP contribution in [0.25, 0.3) is 0 Å². The maximum absolute atomic E-state index is 3.77. The van der Waals surface area contributed by atoms with E-state index in [0.29, 0.717) is 0 Å². The number of hydrogen-bond acceptors (Lipinski definition) is 2. The molecule has 1 saturated carbocycles. The lowest BCUT2D eigenvalue weighted by molar-refractivity contribution is 0.272. The molecule has 0 bridgehead atoms. The molecule has 1 aliphatic heterocycles. The van der Waals surface area contributed by atoms with E-state index in [1.165, 1.54) is 50.8 Å². The summed E-state index contributed by atoms with van der Waals surface area (Å²) in [6, 6.07) is 0.799. The van der Waals surface area contributed by atoms with Gasteiger partial charge in [0.25, 0.3) is 0 Å². The van der Waals surface area contributed by atoms with Gasteiger partial charge in [0.15, 0.2) is 0 Å². The Labute approximate surface area is 105 Å². The van der Waals surface area contributed by atoms with Gasteiger partial charge in [-0.05, 0) is 37.0 Å². The van der Waals surface area contributed by atoms with Gasteiger partial charge in [-0.25, -0.2) is 0 Å². The van der Waals surface area contributed by atoms with Crippen molar-refractivity contribution in [3.8, 4) is 0 Å². The monoisotopic (exact) mass is 241 g/mol. The Hall–Kier alpha value is 0.310. The van der Waals surface area contributed by atoms with Crippen LogP contribution in [0.2, 0.25) is 0 Å². The SMILES string of the molecule is CC1CCC(CCNC2CCSC2C)CC1. The third-order valence-corrected chi connectivity index (χ3v) is 5.80. The van der Waals surface area contributed by atoms with E-state index in [0.717, 1.165) is 23.1 Å². The van der Waals surface area contributed by atoms with E-state index in [9.17, 15) is 0 Å². The lowest BCUT2D eigenvalue weighted by atomic mass is 9.81. The number of thioether (sulfide) groups is 1. The van der Waals surface area contributed by atoms with E-state index in [1.54, 1.807) is 0 Å². The fourth-order valence-electron chi connectivity index (χ4n) is 3.09. The molecule has 16 heavy (non-hydrogen) atoms. The standard InChI is InChI=1S/C14H27NS/c1-11-3-5-13(6-4-11)7-9-15-14-8-10-16-12(14)2/h11-15H,3-10H2,1-2H3. The molecule has 0 aromatic carbocycles. The normalized spacial score (nSPS) is 40.1. The molecule has 1 saturated heterocycles. The maximum Gasteiger partial charge on any atom is 0.0191 e. The molecule has 2 aliphatic rings. The Bertz CT molecular complexity index is 199. The van der Waals surface area contributed by atoms with Crippen molar-refractivity contribution in [1.82, 2.24) is 5.32 Å². The van der Waals surface area contributed by atoms with Crippen LogP contribution >= 0.6 is 11.8 Å². The van der Waals surface area contributed by atoms with E-state index >= 15 is 0 Å². The van der Waals surface area contributed by atoms with Crippen molar-refractivity contribution in [3.05, 3.63) is 0 Å². The van der Waals surface area contributed by atoms with Crippen LogP contribution in [-0.2, 0) is 0 Å². The molecular formula is C14H27NS. The highest BCUT2D eigenvalue weighted by Gasteiger charge is 2.24. The minimum absolute atomic E-state index is 0.799. The summed E-state index contributed by atoms with van der Waals surface area (Å²) in [6.45, 7) is 6.04. The molecule has 0 aromatic heterocycles. The molecule has 0 aromatic rings. The molecule has 2 heteroatoms. The van der Waals surface area contributed by atoms with Crippen LogP contribution in [0.15, 0.2) is 0 Å². The summed E-state index contributed by atoms with van der Waals surface area (Å²) in [5, 5.41) is 4.61. The molecule has 1 aliphatic carbocycles. The van der Waals surface area contributed by atoms with E-state index in [2.05, 4.69) is 30.9 Å². The first-order chi connectivity index (χ1) is 7.75. The van der Waals surface area contributed by atoms with Crippen molar-refractivity contribution < 1.29 is 0 Å². The lowest BCUT2D eigenvalue weighted by Gasteiger charge is -2.27. The molecule has 0 amide bonds. The predicted molar refractivity (Wildman–Crippen MR) is 74.1 cm³/mol. The van der Waals surface area contributed by atoms with E-state index in [1.807, 2.05) is 0 Å².